The number of likely N-dealkylation sites (N-methyl/N-ethyl adjacent to an activating group) is 1. The Balaban J connectivity index is 2.34. The SMILES string of the molecule is CN(CCOc1ccc(Cl)cc1)C(=O)CC(N)C(C)(C)C. The van der Waals surface area contributed by atoms with E-state index in [1.165, 1.54) is 0 Å². The number of carbonyl (C=O) groups is 1. The number of ether oxygens (including phenoxy) is 1. The van der Waals surface area contributed by atoms with E-state index < -0.39 is 0 Å². The smallest absolute Gasteiger partial charge is 0.224 e. The number of hydrogen-bond donors (Lipinski definition) is 1. The van der Waals surface area contributed by atoms with Gasteiger partial charge in [0.2, 0.25) is 5.91 Å². The molecule has 1 rings (SSSR count). The summed E-state index contributed by atoms with van der Waals surface area (Å²) in [6.45, 7) is 7.07. The van der Waals surface area contributed by atoms with E-state index >= 15 is 0 Å². The van der Waals surface area contributed by atoms with Gasteiger partial charge in [0.05, 0.1) is 6.54 Å². The van der Waals surface area contributed by atoms with Gasteiger partial charge in [-0.1, -0.05) is 32.4 Å². The van der Waals surface area contributed by atoms with E-state index in [0.29, 0.717) is 24.6 Å². The number of nitrogens with two attached hydrogens (primary N) is 1. The van der Waals surface area contributed by atoms with Crippen molar-refractivity contribution >= 4 is 17.5 Å². The monoisotopic (exact) mass is 312 g/mol. The second kappa shape index (κ2) is 7.66. The van der Waals surface area contributed by atoms with Crippen LogP contribution in [0.1, 0.15) is 27.2 Å². The highest BCUT2D eigenvalue weighted by molar-refractivity contribution is 6.30. The molecule has 1 aromatic carbocycles. The van der Waals surface area contributed by atoms with Gasteiger partial charge in [-0.3, -0.25) is 4.79 Å². The number of hydrogen-bond acceptors (Lipinski definition) is 3. The zero-order valence-corrected chi connectivity index (χ0v) is 14.0. The molecule has 1 atom stereocenters. The lowest BCUT2D eigenvalue weighted by Gasteiger charge is -2.28. The second-order valence-electron chi connectivity index (χ2n) is 6.29. The fourth-order valence-corrected chi connectivity index (χ4v) is 1.73. The van der Waals surface area contributed by atoms with Crippen molar-refractivity contribution in [1.82, 2.24) is 4.90 Å². The number of rotatable bonds is 6. The van der Waals surface area contributed by atoms with Crippen molar-refractivity contribution in [2.45, 2.75) is 33.2 Å². The average molecular weight is 313 g/mol. The molecule has 118 valence electrons. The third-order valence-electron chi connectivity index (χ3n) is 3.44. The van der Waals surface area contributed by atoms with E-state index in [0.717, 1.165) is 5.75 Å². The van der Waals surface area contributed by atoms with Crippen LogP contribution in [0.3, 0.4) is 0 Å². The van der Waals surface area contributed by atoms with Crippen molar-refractivity contribution in [3.05, 3.63) is 29.3 Å². The van der Waals surface area contributed by atoms with Crippen LogP contribution >= 0.6 is 11.6 Å². The van der Waals surface area contributed by atoms with Gasteiger partial charge in [0.1, 0.15) is 12.4 Å². The highest BCUT2D eigenvalue weighted by Crippen LogP contribution is 2.20. The van der Waals surface area contributed by atoms with Gasteiger partial charge in [0.15, 0.2) is 0 Å². The van der Waals surface area contributed by atoms with Gasteiger partial charge in [0.25, 0.3) is 0 Å². The van der Waals surface area contributed by atoms with Gasteiger partial charge in [0, 0.05) is 24.5 Å². The predicted octanol–water partition coefficient (Wildman–Crippen LogP) is 2.94. The molecule has 0 aliphatic rings. The number of halogens is 1. The molecule has 0 saturated carbocycles. The summed E-state index contributed by atoms with van der Waals surface area (Å²) in [5, 5.41) is 0.672. The number of nitrogens with zero attached hydrogens (tertiary/aromatic N) is 1. The van der Waals surface area contributed by atoms with Gasteiger partial charge in [-0.05, 0) is 29.7 Å². The molecule has 5 heteroatoms. The van der Waals surface area contributed by atoms with E-state index in [-0.39, 0.29) is 17.4 Å². The Kier molecular flexibility index (Phi) is 6.49. The molecule has 0 fully saturated rings. The Morgan fingerprint density at radius 3 is 2.43 bits per heavy atom. The standard InChI is InChI=1S/C16H25ClN2O2/c1-16(2,3)14(18)11-15(20)19(4)9-10-21-13-7-5-12(17)6-8-13/h5-8,14H,9-11,18H2,1-4H3. The molecule has 1 unspecified atom stereocenters. The minimum atomic E-state index is -0.148. The topological polar surface area (TPSA) is 55.6 Å². The quantitative estimate of drug-likeness (QED) is 0.878. The van der Waals surface area contributed by atoms with Crippen molar-refractivity contribution in [2.75, 3.05) is 20.2 Å². The fourth-order valence-electron chi connectivity index (χ4n) is 1.61. The third kappa shape index (κ3) is 6.36. The minimum Gasteiger partial charge on any atom is -0.492 e. The molecule has 4 nitrogen and oxygen atoms in total. The molecular formula is C16H25ClN2O2. The molecule has 21 heavy (non-hydrogen) atoms. The fraction of sp³-hybridized carbons (Fsp3) is 0.562. The molecule has 0 aromatic heterocycles. The molecule has 1 amide bonds. The summed E-state index contributed by atoms with van der Waals surface area (Å²) in [6, 6.07) is 7.01. The Morgan fingerprint density at radius 1 is 1.33 bits per heavy atom. The lowest BCUT2D eigenvalue weighted by atomic mass is 9.85. The number of carbonyl (C=O) groups excluding carboxylic acids is 1. The summed E-state index contributed by atoms with van der Waals surface area (Å²) in [6.07, 6.45) is 0.348. The van der Waals surface area contributed by atoms with Crippen molar-refractivity contribution in [3.63, 3.8) is 0 Å². The Labute approximate surface area is 132 Å². The van der Waals surface area contributed by atoms with Crippen LogP contribution in [0.5, 0.6) is 5.75 Å². The minimum absolute atomic E-state index is 0.0390. The van der Waals surface area contributed by atoms with E-state index in [1.807, 2.05) is 20.8 Å². The summed E-state index contributed by atoms with van der Waals surface area (Å²) in [7, 11) is 1.77. The van der Waals surface area contributed by atoms with Gasteiger partial charge in [-0.15, -0.1) is 0 Å². The zero-order chi connectivity index (χ0) is 16.0. The van der Waals surface area contributed by atoms with Crippen LogP contribution in [-0.2, 0) is 4.79 Å². The summed E-state index contributed by atoms with van der Waals surface area (Å²) >= 11 is 5.80. The normalized spacial score (nSPS) is 12.9. The van der Waals surface area contributed by atoms with Crippen molar-refractivity contribution < 1.29 is 9.53 Å². The van der Waals surface area contributed by atoms with Crippen LogP contribution in [0.25, 0.3) is 0 Å². The van der Waals surface area contributed by atoms with E-state index in [1.54, 1.807) is 36.2 Å². The molecule has 0 aliphatic heterocycles. The van der Waals surface area contributed by atoms with Gasteiger partial charge in [-0.25, -0.2) is 0 Å². The predicted molar refractivity (Wildman–Crippen MR) is 86.6 cm³/mol. The maximum atomic E-state index is 12.1. The highest BCUT2D eigenvalue weighted by Gasteiger charge is 2.24. The van der Waals surface area contributed by atoms with Crippen LogP contribution in [0, 0.1) is 5.41 Å². The largest absolute Gasteiger partial charge is 0.492 e. The van der Waals surface area contributed by atoms with Crippen LogP contribution in [0.4, 0.5) is 0 Å². The van der Waals surface area contributed by atoms with E-state index in [9.17, 15) is 4.79 Å². The maximum absolute atomic E-state index is 12.1. The average Bonchev–Trinajstić information content (AvgIpc) is 2.39. The Bertz CT molecular complexity index is 454. The molecular weight excluding hydrogens is 288 g/mol. The third-order valence-corrected chi connectivity index (χ3v) is 3.69. The first kappa shape index (κ1) is 17.8. The zero-order valence-electron chi connectivity index (χ0n) is 13.2. The molecule has 2 N–H and O–H groups in total. The van der Waals surface area contributed by atoms with Crippen LogP contribution in [0.2, 0.25) is 5.02 Å². The highest BCUT2D eigenvalue weighted by atomic mass is 35.5. The maximum Gasteiger partial charge on any atom is 0.224 e. The molecule has 0 bridgehead atoms. The van der Waals surface area contributed by atoms with Crippen molar-refractivity contribution in [2.24, 2.45) is 11.1 Å². The van der Waals surface area contributed by atoms with E-state index in [4.69, 9.17) is 22.1 Å². The summed E-state index contributed by atoms with van der Waals surface area (Å²) in [4.78, 5) is 13.7. The first-order valence-electron chi connectivity index (χ1n) is 7.08. The lowest BCUT2D eigenvalue weighted by Crippen LogP contribution is -2.41. The summed E-state index contributed by atoms with van der Waals surface area (Å²) < 4.78 is 5.57. The van der Waals surface area contributed by atoms with E-state index in [2.05, 4.69) is 0 Å². The first-order valence-corrected chi connectivity index (χ1v) is 7.46. The van der Waals surface area contributed by atoms with Crippen molar-refractivity contribution in [3.8, 4) is 5.75 Å². The summed E-state index contributed by atoms with van der Waals surface area (Å²) in [5.41, 5.74) is 5.96. The number of amides is 1. The molecule has 0 aliphatic carbocycles. The van der Waals surface area contributed by atoms with Crippen LogP contribution in [0.15, 0.2) is 24.3 Å². The Morgan fingerprint density at radius 2 is 1.90 bits per heavy atom. The first-order chi connectivity index (χ1) is 9.70. The molecule has 1 aromatic rings. The van der Waals surface area contributed by atoms with Gasteiger partial charge in [-0.2, -0.15) is 0 Å². The van der Waals surface area contributed by atoms with Crippen LogP contribution < -0.4 is 10.5 Å². The van der Waals surface area contributed by atoms with Crippen LogP contribution in [-0.4, -0.2) is 37.0 Å². The summed E-state index contributed by atoms with van der Waals surface area (Å²) in [5.74, 6) is 0.781. The molecule has 0 radical (unpaired) electrons. The molecule has 0 spiro atoms. The Hall–Kier alpha value is -1.26. The molecule has 0 heterocycles. The van der Waals surface area contributed by atoms with Crippen molar-refractivity contribution in [1.29, 1.82) is 0 Å². The van der Waals surface area contributed by atoms with Gasteiger partial charge >= 0.3 is 0 Å². The van der Waals surface area contributed by atoms with Gasteiger partial charge < -0.3 is 15.4 Å². The number of benzene rings is 1. The molecule has 0 saturated heterocycles. The lowest BCUT2D eigenvalue weighted by molar-refractivity contribution is -0.131. The second-order valence-corrected chi connectivity index (χ2v) is 6.73.